The van der Waals surface area contributed by atoms with Gasteiger partial charge < -0.3 is 15.0 Å². The quantitative estimate of drug-likeness (QED) is 0.705. The third-order valence-corrected chi connectivity index (χ3v) is 1.75. The van der Waals surface area contributed by atoms with Gasteiger partial charge in [-0.05, 0) is 27.8 Å². The smallest absolute Gasteiger partial charge is 0.248 e. The molecule has 0 fully saturated rings. The van der Waals surface area contributed by atoms with Crippen LogP contribution in [-0.4, -0.2) is 50.2 Å². The standard InChI is InChI=1S/C10H22N2O2/c1-10(2,3)14-8-9(13)12(5)7-6-11-4/h11H,6-8H2,1-5H3. The van der Waals surface area contributed by atoms with Gasteiger partial charge in [-0.3, -0.25) is 4.79 Å². The number of ether oxygens (including phenoxy) is 1. The van der Waals surface area contributed by atoms with Gasteiger partial charge in [-0.25, -0.2) is 0 Å². The van der Waals surface area contributed by atoms with Gasteiger partial charge in [0.15, 0.2) is 0 Å². The van der Waals surface area contributed by atoms with Crippen molar-refractivity contribution in [2.75, 3.05) is 33.8 Å². The van der Waals surface area contributed by atoms with Crippen molar-refractivity contribution < 1.29 is 9.53 Å². The van der Waals surface area contributed by atoms with Crippen LogP contribution in [0.4, 0.5) is 0 Å². The Bertz CT molecular complexity index is 175. The van der Waals surface area contributed by atoms with Crippen LogP contribution in [-0.2, 0) is 9.53 Å². The number of amides is 1. The number of rotatable bonds is 5. The second-order valence-electron chi connectivity index (χ2n) is 4.32. The zero-order valence-electron chi connectivity index (χ0n) is 9.89. The highest BCUT2D eigenvalue weighted by Gasteiger charge is 2.14. The van der Waals surface area contributed by atoms with Crippen LogP contribution in [0.5, 0.6) is 0 Å². The Labute approximate surface area is 86.6 Å². The maximum absolute atomic E-state index is 11.5. The molecule has 0 aliphatic carbocycles. The minimum absolute atomic E-state index is 0.0233. The SMILES string of the molecule is CNCCN(C)C(=O)COC(C)(C)C. The minimum atomic E-state index is -0.250. The fourth-order valence-corrected chi connectivity index (χ4v) is 0.793. The van der Waals surface area contributed by atoms with E-state index in [0.717, 1.165) is 6.54 Å². The molecule has 0 atom stereocenters. The molecule has 0 unspecified atom stereocenters. The van der Waals surface area contributed by atoms with Crippen LogP contribution in [0.15, 0.2) is 0 Å². The first-order valence-electron chi connectivity index (χ1n) is 4.89. The van der Waals surface area contributed by atoms with Crippen LogP contribution >= 0.6 is 0 Å². The summed E-state index contributed by atoms with van der Waals surface area (Å²) in [6.07, 6.45) is 0. The van der Waals surface area contributed by atoms with Crippen molar-refractivity contribution >= 4 is 5.91 Å². The lowest BCUT2D eigenvalue weighted by Crippen LogP contribution is -2.37. The van der Waals surface area contributed by atoms with Crippen molar-refractivity contribution in [1.82, 2.24) is 10.2 Å². The first kappa shape index (κ1) is 13.4. The second-order valence-corrected chi connectivity index (χ2v) is 4.32. The largest absolute Gasteiger partial charge is 0.366 e. The van der Waals surface area contributed by atoms with Crippen LogP contribution in [0, 0.1) is 0 Å². The van der Waals surface area contributed by atoms with Gasteiger partial charge in [-0.15, -0.1) is 0 Å². The number of nitrogens with one attached hydrogen (secondary N) is 1. The summed E-state index contributed by atoms with van der Waals surface area (Å²) >= 11 is 0. The van der Waals surface area contributed by atoms with E-state index in [9.17, 15) is 4.79 Å². The summed E-state index contributed by atoms with van der Waals surface area (Å²) in [4.78, 5) is 13.1. The van der Waals surface area contributed by atoms with E-state index in [1.54, 1.807) is 11.9 Å². The number of hydrogen-bond acceptors (Lipinski definition) is 3. The van der Waals surface area contributed by atoms with Crippen LogP contribution in [0.1, 0.15) is 20.8 Å². The van der Waals surface area contributed by atoms with Crippen molar-refractivity contribution in [2.24, 2.45) is 0 Å². The van der Waals surface area contributed by atoms with E-state index in [2.05, 4.69) is 5.32 Å². The average molecular weight is 202 g/mol. The topological polar surface area (TPSA) is 41.6 Å². The molecule has 0 saturated heterocycles. The van der Waals surface area contributed by atoms with Crippen LogP contribution in [0.2, 0.25) is 0 Å². The molecule has 4 nitrogen and oxygen atoms in total. The van der Waals surface area contributed by atoms with Gasteiger partial charge in [-0.2, -0.15) is 0 Å². The summed E-state index contributed by atoms with van der Waals surface area (Å²) in [6.45, 7) is 7.49. The molecule has 84 valence electrons. The van der Waals surface area contributed by atoms with E-state index >= 15 is 0 Å². The van der Waals surface area contributed by atoms with Gasteiger partial charge in [0.25, 0.3) is 0 Å². The van der Waals surface area contributed by atoms with Crippen LogP contribution < -0.4 is 5.32 Å². The summed E-state index contributed by atoms with van der Waals surface area (Å²) in [6, 6.07) is 0. The highest BCUT2D eigenvalue weighted by atomic mass is 16.5. The molecule has 0 saturated carbocycles. The number of hydrogen-bond donors (Lipinski definition) is 1. The maximum atomic E-state index is 11.5. The van der Waals surface area contributed by atoms with Crippen molar-refractivity contribution in [2.45, 2.75) is 26.4 Å². The van der Waals surface area contributed by atoms with Crippen molar-refractivity contribution in [1.29, 1.82) is 0 Å². The Balaban J connectivity index is 3.73. The number of nitrogens with zero attached hydrogens (tertiary/aromatic N) is 1. The van der Waals surface area contributed by atoms with Gasteiger partial charge in [0.1, 0.15) is 6.61 Å². The number of carbonyl (C=O) groups is 1. The van der Waals surface area contributed by atoms with Crippen LogP contribution in [0.3, 0.4) is 0 Å². The molecular formula is C10H22N2O2. The molecule has 0 aromatic carbocycles. The Morgan fingerprint density at radius 3 is 2.43 bits per heavy atom. The van der Waals surface area contributed by atoms with Crippen molar-refractivity contribution in [3.05, 3.63) is 0 Å². The Hall–Kier alpha value is -0.610. The molecular weight excluding hydrogens is 180 g/mol. The van der Waals surface area contributed by atoms with E-state index in [1.165, 1.54) is 0 Å². The molecule has 1 N–H and O–H groups in total. The number of carbonyl (C=O) groups excluding carboxylic acids is 1. The predicted octanol–water partition coefficient (Wildman–Crippen LogP) is 0.479. The lowest BCUT2D eigenvalue weighted by atomic mass is 10.2. The Morgan fingerprint density at radius 2 is 2.00 bits per heavy atom. The van der Waals surface area contributed by atoms with Gasteiger partial charge in [0.2, 0.25) is 5.91 Å². The zero-order valence-corrected chi connectivity index (χ0v) is 9.89. The summed E-state index contributed by atoms with van der Waals surface area (Å²) < 4.78 is 5.38. The summed E-state index contributed by atoms with van der Waals surface area (Å²) in [7, 11) is 3.65. The molecule has 0 rings (SSSR count). The minimum Gasteiger partial charge on any atom is -0.366 e. The molecule has 0 aliphatic heterocycles. The fourth-order valence-electron chi connectivity index (χ4n) is 0.793. The third kappa shape index (κ3) is 6.86. The van der Waals surface area contributed by atoms with E-state index in [4.69, 9.17) is 4.74 Å². The Kier molecular flexibility index (Phi) is 5.72. The second kappa shape index (κ2) is 5.98. The monoisotopic (exact) mass is 202 g/mol. The predicted molar refractivity (Wildman–Crippen MR) is 57.3 cm³/mol. The maximum Gasteiger partial charge on any atom is 0.248 e. The summed E-state index contributed by atoms with van der Waals surface area (Å²) in [5.41, 5.74) is -0.250. The van der Waals surface area contributed by atoms with E-state index in [0.29, 0.717) is 6.54 Å². The third-order valence-electron chi connectivity index (χ3n) is 1.75. The summed E-state index contributed by atoms with van der Waals surface area (Å²) in [5, 5.41) is 2.99. The fraction of sp³-hybridized carbons (Fsp3) is 0.900. The van der Waals surface area contributed by atoms with Crippen molar-refractivity contribution in [3.8, 4) is 0 Å². The first-order valence-corrected chi connectivity index (χ1v) is 4.89. The molecule has 0 heterocycles. The Morgan fingerprint density at radius 1 is 1.43 bits per heavy atom. The van der Waals surface area contributed by atoms with E-state index in [1.807, 2.05) is 27.8 Å². The first-order chi connectivity index (χ1) is 6.37. The molecule has 0 aromatic heterocycles. The molecule has 4 heteroatoms. The normalized spacial score (nSPS) is 11.5. The average Bonchev–Trinajstić information content (AvgIpc) is 2.09. The molecule has 0 bridgehead atoms. The van der Waals surface area contributed by atoms with Gasteiger partial charge >= 0.3 is 0 Å². The highest BCUT2D eigenvalue weighted by molar-refractivity contribution is 5.77. The van der Waals surface area contributed by atoms with Gasteiger partial charge in [-0.1, -0.05) is 0 Å². The van der Waals surface area contributed by atoms with E-state index < -0.39 is 0 Å². The lowest BCUT2D eigenvalue weighted by Gasteiger charge is -2.22. The lowest BCUT2D eigenvalue weighted by molar-refractivity contribution is -0.139. The molecule has 1 amide bonds. The zero-order chi connectivity index (χ0) is 11.2. The molecule has 0 aliphatic rings. The summed E-state index contributed by atoms with van der Waals surface area (Å²) in [5.74, 6) is 0.0233. The molecule has 0 aromatic rings. The van der Waals surface area contributed by atoms with Crippen LogP contribution in [0.25, 0.3) is 0 Å². The molecule has 0 radical (unpaired) electrons. The van der Waals surface area contributed by atoms with Gasteiger partial charge in [0, 0.05) is 20.1 Å². The van der Waals surface area contributed by atoms with Crippen molar-refractivity contribution in [3.63, 3.8) is 0 Å². The number of likely N-dealkylation sites (N-methyl/N-ethyl adjacent to an activating group) is 2. The van der Waals surface area contributed by atoms with Gasteiger partial charge in [0.05, 0.1) is 5.60 Å². The molecule has 0 spiro atoms. The van der Waals surface area contributed by atoms with E-state index in [-0.39, 0.29) is 18.1 Å². The highest BCUT2D eigenvalue weighted by Crippen LogP contribution is 2.06. The molecule has 14 heavy (non-hydrogen) atoms.